The van der Waals surface area contributed by atoms with Gasteiger partial charge in [-0.25, -0.2) is 18.0 Å². The Hall–Kier alpha value is -2.75. The zero-order valence-corrected chi connectivity index (χ0v) is 20.6. The highest BCUT2D eigenvalue weighted by atomic mass is 19.2. The number of carbonyl (C=O) groups excluding carboxylic acids is 1. The Morgan fingerprint density at radius 2 is 1.97 bits per heavy atom. The van der Waals surface area contributed by atoms with Gasteiger partial charge in [0.05, 0.1) is 24.3 Å². The minimum Gasteiger partial charge on any atom is -0.444 e. The van der Waals surface area contributed by atoms with Gasteiger partial charge in [0.25, 0.3) is 5.56 Å². The average molecular weight is 495 g/mol. The number of aromatic nitrogens is 1. The van der Waals surface area contributed by atoms with Crippen LogP contribution < -0.4 is 21.5 Å². The number of ether oxygens (including phenoxy) is 1. The number of fused-ring (bicyclic) bond motifs is 1. The lowest BCUT2D eigenvalue weighted by molar-refractivity contribution is 0.0486. The number of hydrogen-bond donors (Lipinski definition) is 2. The van der Waals surface area contributed by atoms with Gasteiger partial charge >= 0.3 is 6.09 Å². The fraction of sp³-hybridized carbons (Fsp3) is 0.600. The first-order chi connectivity index (χ1) is 16.3. The molecule has 192 valence electrons. The van der Waals surface area contributed by atoms with Gasteiger partial charge in [0.15, 0.2) is 11.6 Å². The van der Waals surface area contributed by atoms with Gasteiger partial charge in [0.1, 0.15) is 11.3 Å². The van der Waals surface area contributed by atoms with Gasteiger partial charge in [-0.05, 0) is 52.5 Å². The van der Waals surface area contributed by atoms with E-state index < -0.39 is 29.0 Å². The fourth-order valence-electron chi connectivity index (χ4n) is 5.04. The van der Waals surface area contributed by atoms with Crippen LogP contribution in [0.2, 0.25) is 0 Å². The number of carbonyl (C=O) groups is 1. The first-order valence-electron chi connectivity index (χ1n) is 12.0. The number of nitrogens with one attached hydrogen (secondary N) is 1. The van der Waals surface area contributed by atoms with Crippen LogP contribution in [0.4, 0.5) is 23.7 Å². The second-order valence-corrected chi connectivity index (χ2v) is 10.7. The normalized spacial score (nSPS) is 20.9. The molecule has 1 atom stereocenters. The summed E-state index contributed by atoms with van der Waals surface area (Å²) in [6.07, 6.45) is 1.77. The Labute approximate surface area is 202 Å². The number of anilines is 1. The van der Waals surface area contributed by atoms with Gasteiger partial charge < -0.3 is 25.3 Å². The third-order valence-electron chi connectivity index (χ3n) is 6.89. The largest absolute Gasteiger partial charge is 0.444 e. The molecule has 1 aromatic heterocycles. The summed E-state index contributed by atoms with van der Waals surface area (Å²) in [5, 5.41) is 2.45. The second kappa shape index (κ2) is 9.04. The van der Waals surface area contributed by atoms with Crippen LogP contribution in [0.15, 0.2) is 10.9 Å². The summed E-state index contributed by atoms with van der Waals surface area (Å²) in [5.41, 5.74) is 3.78. The highest BCUT2D eigenvalue weighted by Gasteiger charge is 2.41. The number of pyridine rings is 1. The van der Waals surface area contributed by atoms with E-state index in [1.807, 2.05) is 0 Å². The van der Waals surface area contributed by atoms with Crippen molar-refractivity contribution in [3.05, 3.63) is 39.2 Å². The molecule has 2 aromatic rings. The highest BCUT2D eigenvalue weighted by Crippen LogP contribution is 2.41. The Kier molecular flexibility index (Phi) is 6.54. The van der Waals surface area contributed by atoms with E-state index in [0.29, 0.717) is 11.1 Å². The summed E-state index contributed by atoms with van der Waals surface area (Å²) < 4.78 is 53.3. The second-order valence-electron chi connectivity index (χ2n) is 10.7. The molecule has 2 aliphatic rings. The number of alkyl carbamates (subject to hydrolysis) is 1. The van der Waals surface area contributed by atoms with Crippen LogP contribution >= 0.6 is 0 Å². The van der Waals surface area contributed by atoms with E-state index in [2.05, 4.69) is 5.32 Å². The lowest BCUT2D eigenvalue weighted by Gasteiger charge is -2.32. The third kappa shape index (κ3) is 4.72. The number of amides is 1. The molecule has 10 heteroatoms. The van der Waals surface area contributed by atoms with Crippen LogP contribution in [0, 0.1) is 18.6 Å². The van der Waals surface area contributed by atoms with Gasteiger partial charge in [-0.2, -0.15) is 0 Å². The monoisotopic (exact) mass is 494 g/mol. The summed E-state index contributed by atoms with van der Waals surface area (Å²) in [6, 6.07) is 1.19. The quantitative estimate of drug-likeness (QED) is 0.650. The zero-order chi connectivity index (χ0) is 25.7. The molecule has 1 aliphatic carbocycles. The molecule has 1 saturated carbocycles. The predicted molar refractivity (Wildman–Crippen MR) is 129 cm³/mol. The summed E-state index contributed by atoms with van der Waals surface area (Å²) >= 11 is 0. The minimum atomic E-state index is -1.85. The van der Waals surface area contributed by atoms with Gasteiger partial charge in [-0.1, -0.05) is 0 Å². The maximum Gasteiger partial charge on any atom is 0.407 e. The van der Waals surface area contributed by atoms with Crippen molar-refractivity contribution < 1.29 is 22.7 Å². The molecule has 35 heavy (non-hydrogen) atoms. The molecule has 1 amide bonds. The van der Waals surface area contributed by atoms with Crippen LogP contribution in [-0.2, 0) is 11.3 Å². The van der Waals surface area contributed by atoms with E-state index in [1.165, 1.54) is 11.0 Å². The number of alkyl halides is 1. The van der Waals surface area contributed by atoms with Gasteiger partial charge in [0.2, 0.25) is 0 Å². The number of benzene rings is 1. The van der Waals surface area contributed by atoms with Gasteiger partial charge in [-0.3, -0.25) is 4.79 Å². The summed E-state index contributed by atoms with van der Waals surface area (Å²) in [7, 11) is 0. The molecule has 2 fully saturated rings. The average Bonchev–Trinajstić information content (AvgIpc) is 3.11. The van der Waals surface area contributed by atoms with E-state index in [1.54, 1.807) is 32.3 Å². The standard InChI is InChI=1S/C25H33F3N4O3/c1-14-21-18(15(11-29)10-17(33)32(21)16-6-5-7-16)19(26)20(27)22(14)31-9-8-25(28,13-31)12-30-23(34)35-24(2,3)4/h10,16H,5-9,11-13,29H2,1-4H3,(H,30,34). The number of aryl methyl sites for hydroxylation is 1. The van der Waals surface area contributed by atoms with Crippen molar-refractivity contribution in [1.29, 1.82) is 0 Å². The number of halogens is 3. The molecule has 4 rings (SSSR count). The molecular formula is C25H33F3N4O3. The maximum atomic E-state index is 15.6. The third-order valence-corrected chi connectivity index (χ3v) is 6.89. The lowest BCUT2D eigenvalue weighted by atomic mass is 9.91. The fourth-order valence-corrected chi connectivity index (χ4v) is 5.04. The van der Waals surface area contributed by atoms with Crippen LogP contribution in [0.25, 0.3) is 10.9 Å². The molecule has 0 bridgehead atoms. The number of rotatable bonds is 5. The molecule has 1 saturated heterocycles. The van der Waals surface area contributed by atoms with Crippen molar-refractivity contribution in [3.63, 3.8) is 0 Å². The van der Waals surface area contributed by atoms with Crippen molar-refractivity contribution in [2.45, 2.75) is 77.2 Å². The lowest BCUT2D eigenvalue weighted by Crippen LogP contribution is -2.43. The Balaban J connectivity index is 1.71. The van der Waals surface area contributed by atoms with Crippen molar-refractivity contribution in [2.24, 2.45) is 5.73 Å². The van der Waals surface area contributed by atoms with Crippen LogP contribution in [0.5, 0.6) is 0 Å². The zero-order valence-electron chi connectivity index (χ0n) is 20.6. The topological polar surface area (TPSA) is 89.6 Å². The molecule has 7 nitrogen and oxygen atoms in total. The minimum absolute atomic E-state index is 0.00931. The molecule has 1 aliphatic heterocycles. The summed E-state index contributed by atoms with van der Waals surface area (Å²) in [5.74, 6) is -2.18. The molecule has 2 heterocycles. The van der Waals surface area contributed by atoms with Crippen molar-refractivity contribution >= 4 is 22.7 Å². The molecule has 0 spiro atoms. The first-order valence-corrected chi connectivity index (χ1v) is 12.0. The number of nitrogens with zero attached hydrogens (tertiary/aromatic N) is 2. The maximum absolute atomic E-state index is 15.6. The smallest absolute Gasteiger partial charge is 0.407 e. The Morgan fingerprint density at radius 3 is 2.54 bits per heavy atom. The first kappa shape index (κ1) is 25.3. The summed E-state index contributed by atoms with van der Waals surface area (Å²) in [4.78, 5) is 26.4. The molecule has 3 N–H and O–H groups in total. The van der Waals surface area contributed by atoms with Crippen molar-refractivity contribution in [2.75, 3.05) is 24.5 Å². The molecule has 1 aromatic carbocycles. The number of nitrogens with two attached hydrogens (primary N) is 1. The molecule has 1 unspecified atom stereocenters. The Bertz CT molecular complexity index is 1220. The predicted octanol–water partition coefficient (Wildman–Crippen LogP) is 4.21. The van der Waals surface area contributed by atoms with Gasteiger partial charge in [0, 0.05) is 42.6 Å². The number of hydrogen-bond acceptors (Lipinski definition) is 5. The van der Waals surface area contributed by atoms with Crippen LogP contribution in [0.3, 0.4) is 0 Å². The van der Waals surface area contributed by atoms with Crippen LogP contribution in [-0.4, -0.2) is 41.6 Å². The van der Waals surface area contributed by atoms with Crippen molar-refractivity contribution in [1.82, 2.24) is 9.88 Å². The van der Waals surface area contributed by atoms with E-state index in [4.69, 9.17) is 10.5 Å². The van der Waals surface area contributed by atoms with E-state index >= 15 is 13.2 Å². The van der Waals surface area contributed by atoms with Crippen molar-refractivity contribution in [3.8, 4) is 0 Å². The van der Waals surface area contributed by atoms with Gasteiger partial charge in [-0.15, -0.1) is 0 Å². The van der Waals surface area contributed by atoms with E-state index in [-0.39, 0.29) is 60.8 Å². The Morgan fingerprint density at radius 1 is 1.29 bits per heavy atom. The molecular weight excluding hydrogens is 461 g/mol. The summed E-state index contributed by atoms with van der Waals surface area (Å²) in [6.45, 7) is 6.19. The van der Waals surface area contributed by atoms with E-state index in [0.717, 1.165) is 19.3 Å². The highest BCUT2D eigenvalue weighted by molar-refractivity contribution is 5.91. The molecule has 0 radical (unpaired) electrons. The SMILES string of the molecule is Cc1c(N2CCC(F)(CNC(=O)OC(C)(C)C)C2)c(F)c(F)c2c(CN)cc(=O)n(C3CCC3)c12. The van der Waals surface area contributed by atoms with Crippen LogP contribution in [0.1, 0.15) is 63.6 Å². The van der Waals surface area contributed by atoms with E-state index in [9.17, 15) is 9.59 Å².